The number of carbonyl (C=O) groups is 1. The molecule has 0 radical (unpaired) electrons. The van der Waals surface area contributed by atoms with E-state index in [0.717, 1.165) is 5.56 Å². The molecule has 0 atom stereocenters. The van der Waals surface area contributed by atoms with Crippen molar-refractivity contribution in [2.24, 2.45) is 11.1 Å². The summed E-state index contributed by atoms with van der Waals surface area (Å²) in [5.41, 5.74) is 6.70. The third-order valence-corrected chi connectivity index (χ3v) is 3.07. The fraction of sp³-hybridized carbons (Fsp3) is 0.333. The van der Waals surface area contributed by atoms with Gasteiger partial charge in [0.25, 0.3) is 0 Å². The molecule has 3 N–H and O–H groups in total. The Labute approximate surface area is 100 Å². The second-order valence-electron chi connectivity index (χ2n) is 4.43. The molecule has 0 aromatic heterocycles. The minimum absolute atomic E-state index is 0.250. The molecule has 0 saturated heterocycles. The van der Waals surface area contributed by atoms with Crippen molar-refractivity contribution in [2.75, 3.05) is 0 Å². The maximum absolute atomic E-state index is 10.7. The van der Waals surface area contributed by atoms with E-state index in [1.807, 2.05) is 13.8 Å². The lowest BCUT2D eigenvalue weighted by Crippen LogP contribution is -2.31. The standard InChI is InChI=1S/C12H15NO2S/c1-12(2,11(13)16)7-8-3-5-9(6-4-8)10(14)15/h3-6H,7H2,1-2H3,(H2,13,16)(H,14,15). The van der Waals surface area contributed by atoms with Crippen LogP contribution in [0.4, 0.5) is 0 Å². The zero-order valence-corrected chi connectivity index (χ0v) is 10.2. The van der Waals surface area contributed by atoms with Gasteiger partial charge in [-0.25, -0.2) is 4.79 Å². The van der Waals surface area contributed by atoms with Gasteiger partial charge in [0, 0.05) is 5.41 Å². The molecule has 3 nitrogen and oxygen atoms in total. The molecule has 86 valence electrons. The summed E-state index contributed by atoms with van der Waals surface area (Å²) in [4.78, 5) is 11.1. The number of aromatic carboxylic acids is 1. The van der Waals surface area contributed by atoms with Gasteiger partial charge in [0.05, 0.1) is 10.6 Å². The van der Waals surface area contributed by atoms with Crippen LogP contribution in [-0.2, 0) is 6.42 Å². The van der Waals surface area contributed by atoms with E-state index in [0.29, 0.717) is 11.4 Å². The van der Waals surface area contributed by atoms with Crippen LogP contribution in [0.5, 0.6) is 0 Å². The third-order valence-electron chi connectivity index (χ3n) is 2.51. The van der Waals surface area contributed by atoms with Crippen molar-refractivity contribution >= 4 is 23.2 Å². The monoisotopic (exact) mass is 237 g/mol. The first-order valence-electron chi connectivity index (χ1n) is 4.95. The fourth-order valence-corrected chi connectivity index (χ4v) is 1.43. The molecule has 0 aliphatic heterocycles. The average molecular weight is 237 g/mol. The molecule has 1 aromatic rings. The summed E-state index contributed by atoms with van der Waals surface area (Å²) in [6, 6.07) is 6.77. The van der Waals surface area contributed by atoms with E-state index >= 15 is 0 Å². The number of hydrogen-bond donors (Lipinski definition) is 2. The Bertz CT molecular complexity index is 410. The normalized spacial score (nSPS) is 11.1. The summed E-state index contributed by atoms with van der Waals surface area (Å²) in [6.07, 6.45) is 0.711. The third kappa shape index (κ3) is 3.03. The highest BCUT2D eigenvalue weighted by Crippen LogP contribution is 2.22. The van der Waals surface area contributed by atoms with Crippen molar-refractivity contribution in [3.05, 3.63) is 35.4 Å². The predicted molar refractivity (Wildman–Crippen MR) is 67.7 cm³/mol. The largest absolute Gasteiger partial charge is 0.478 e. The van der Waals surface area contributed by atoms with E-state index in [1.54, 1.807) is 24.3 Å². The summed E-state index contributed by atoms with van der Waals surface area (Å²) in [5, 5.41) is 8.76. The first kappa shape index (κ1) is 12.6. The molecule has 0 heterocycles. The van der Waals surface area contributed by atoms with Gasteiger partial charge in [0.2, 0.25) is 0 Å². The molecular weight excluding hydrogens is 222 g/mol. The first-order valence-corrected chi connectivity index (χ1v) is 5.36. The van der Waals surface area contributed by atoms with Gasteiger partial charge in [-0.05, 0) is 24.1 Å². The molecule has 16 heavy (non-hydrogen) atoms. The number of rotatable bonds is 4. The molecule has 0 spiro atoms. The van der Waals surface area contributed by atoms with Crippen molar-refractivity contribution in [1.82, 2.24) is 0 Å². The van der Waals surface area contributed by atoms with Gasteiger partial charge in [0.15, 0.2) is 0 Å². The minimum Gasteiger partial charge on any atom is -0.478 e. The SMILES string of the molecule is CC(C)(Cc1ccc(C(=O)O)cc1)C(N)=S. The van der Waals surface area contributed by atoms with Gasteiger partial charge in [-0.2, -0.15) is 0 Å². The smallest absolute Gasteiger partial charge is 0.335 e. The molecule has 0 saturated carbocycles. The van der Waals surface area contributed by atoms with Crippen LogP contribution in [-0.4, -0.2) is 16.1 Å². The number of thiocarbonyl (C=S) groups is 1. The van der Waals surface area contributed by atoms with Crippen molar-refractivity contribution in [2.45, 2.75) is 20.3 Å². The van der Waals surface area contributed by atoms with Crippen LogP contribution in [0.1, 0.15) is 29.8 Å². The Balaban J connectivity index is 2.84. The lowest BCUT2D eigenvalue weighted by atomic mass is 9.85. The van der Waals surface area contributed by atoms with Crippen LogP contribution in [0.2, 0.25) is 0 Å². The Morgan fingerprint density at radius 3 is 2.25 bits per heavy atom. The van der Waals surface area contributed by atoms with E-state index in [-0.39, 0.29) is 11.0 Å². The zero-order chi connectivity index (χ0) is 12.3. The molecule has 1 rings (SSSR count). The van der Waals surface area contributed by atoms with E-state index in [1.165, 1.54) is 0 Å². The van der Waals surface area contributed by atoms with Gasteiger partial charge in [0.1, 0.15) is 0 Å². The van der Waals surface area contributed by atoms with Crippen molar-refractivity contribution in [3.8, 4) is 0 Å². The zero-order valence-electron chi connectivity index (χ0n) is 9.36. The summed E-state index contributed by atoms with van der Waals surface area (Å²) >= 11 is 4.98. The number of carboxylic acid groups (broad SMARTS) is 1. The van der Waals surface area contributed by atoms with Crippen molar-refractivity contribution < 1.29 is 9.90 Å². The van der Waals surface area contributed by atoms with Crippen molar-refractivity contribution in [3.63, 3.8) is 0 Å². The van der Waals surface area contributed by atoms with E-state index < -0.39 is 5.97 Å². The Hall–Kier alpha value is -1.42. The Morgan fingerprint density at radius 1 is 1.38 bits per heavy atom. The number of hydrogen-bond acceptors (Lipinski definition) is 2. The minimum atomic E-state index is -0.917. The predicted octanol–water partition coefficient (Wildman–Crippen LogP) is 2.24. The molecule has 1 aromatic carbocycles. The molecule has 0 amide bonds. The Kier molecular flexibility index (Phi) is 3.65. The maximum atomic E-state index is 10.7. The van der Waals surface area contributed by atoms with Crippen LogP contribution >= 0.6 is 12.2 Å². The maximum Gasteiger partial charge on any atom is 0.335 e. The van der Waals surface area contributed by atoms with Crippen molar-refractivity contribution in [1.29, 1.82) is 0 Å². The van der Waals surface area contributed by atoms with E-state index in [9.17, 15) is 4.79 Å². The summed E-state index contributed by atoms with van der Waals surface area (Å²) in [7, 11) is 0. The van der Waals surface area contributed by atoms with Crippen LogP contribution in [0.25, 0.3) is 0 Å². The molecular formula is C12H15NO2S. The quantitative estimate of drug-likeness (QED) is 0.788. The molecule has 0 aliphatic carbocycles. The van der Waals surface area contributed by atoms with Crippen LogP contribution < -0.4 is 5.73 Å². The van der Waals surface area contributed by atoms with Gasteiger partial charge in [-0.1, -0.05) is 38.2 Å². The van der Waals surface area contributed by atoms with Gasteiger partial charge < -0.3 is 10.8 Å². The Morgan fingerprint density at radius 2 is 1.88 bits per heavy atom. The number of carboxylic acids is 1. The molecule has 0 bridgehead atoms. The number of nitrogens with two attached hydrogens (primary N) is 1. The lowest BCUT2D eigenvalue weighted by molar-refractivity contribution is 0.0697. The first-order chi connectivity index (χ1) is 7.33. The molecule has 0 fully saturated rings. The highest BCUT2D eigenvalue weighted by Gasteiger charge is 2.21. The van der Waals surface area contributed by atoms with Gasteiger partial charge in [-0.3, -0.25) is 0 Å². The van der Waals surface area contributed by atoms with Gasteiger partial charge in [-0.15, -0.1) is 0 Å². The average Bonchev–Trinajstić information content (AvgIpc) is 2.17. The lowest BCUT2D eigenvalue weighted by Gasteiger charge is -2.23. The summed E-state index contributed by atoms with van der Waals surface area (Å²) < 4.78 is 0. The molecule has 4 heteroatoms. The van der Waals surface area contributed by atoms with Crippen LogP contribution in [0.15, 0.2) is 24.3 Å². The molecule has 0 unspecified atom stereocenters. The summed E-state index contributed by atoms with van der Waals surface area (Å²) in [6.45, 7) is 3.95. The van der Waals surface area contributed by atoms with E-state index in [4.69, 9.17) is 23.1 Å². The second-order valence-corrected chi connectivity index (χ2v) is 4.87. The highest BCUT2D eigenvalue weighted by molar-refractivity contribution is 7.80. The number of benzene rings is 1. The van der Waals surface area contributed by atoms with Crippen LogP contribution in [0, 0.1) is 5.41 Å². The highest BCUT2D eigenvalue weighted by atomic mass is 32.1. The molecule has 0 aliphatic rings. The van der Waals surface area contributed by atoms with Crippen LogP contribution in [0.3, 0.4) is 0 Å². The topological polar surface area (TPSA) is 63.3 Å². The second kappa shape index (κ2) is 4.61. The van der Waals surface area contributed by atoms with Gasteiger partial charge >= 0.3 is 5.97 Å². The summed E-state index contributed by atoms with van der Waals surface area (Å²) in [5.74, 6) is -0.917. The fourth-order valence-electron chi connectivity index (χ4n) is 1.36. The van der Waals surface area contributed by atoms with E-state index in [2.05, 4.69) is 0 Å².